The Morgan fingerprint density at radius 2 is 1.78 bits per heavy atom. The monoisotopic (exact) mass is 411 g/mol. The van der Waals surface area contributed by atoms with Gasteiger partial charge >= 0.3 is 0 Å². The van der Waals surface area contributed by atoms with Gasteiger partial charge in [0.25, 0.3) is 0 Å². The standard InChI is InChI=1S/C21H21Cl2F2NO/c1-4-5-8-26(17-6-7-19(22)18(12-17)13(2)3)21(27)20(23)14-9-15(24)11-16(25)10-14/h4-7,9-13,20H,8H2,1-3H3. The van der Waals surface area contributed by atoms with Crippen molar-refractivity contribution in [2.24, 2.45) is 0 Å². The van der Waals surface area contributed by atoms with Crippen LogP contribution in [0.4, 0.5) is 14.5 Å². The van der Waals surface area contributed by atoms with Crippen LogP contribution in [-0.2, 0) is 4.79 Å². The first-order chi connectivity index (χ1) is 12.7. The van der Waals surface area contributed by atoms with Crippen LogP contribution in [0.1, 0.15) is 43.2 Å². The molecule has 1 unspecified atom stereocenters. The minimum absolute atomic E-state index is 0.0719. The van der Waals surface area contributed by atoms with Gasteiger partial charge in [0, 0.05) is 23.3 Å². The van der Waals surface area contributed by atoms with Crippen molar-refractivity contribution >= 4 is 34.8 Å². The second-order valence-electron chi connectivity index (χ2n) is 6.44. The Morgan fingerprint density at radius 1 is 1.15 bits per heavy atom. The predicted octanol–water partition coefficient (Wildman–Crippen LogP) is 6.63. The van der Waals surface area contributed by atoms with E-state index >= 15 is 0 Å². The summed E-state index contributed by atoms with van der Waals surface area (Å²) in [5.41, 5.74) is 1.59. The fraction of sp³-hybridized carbons (Fsp3) is 0.286. The maximum Gasteiger partial charge on any atom is 0.249 e. The van der Waals surface area contributed by atoms with E-state index in [2.05, 4.69) is 0 Å². The van der Waals surface area contributed by atoms with E-state index in [9.17, 15) is 13.6 Å². The lowest BCUT2D eigenvalue weighted by Crippen LogP contribution is -2.34. The van der Waals surface area contributed by atoms with Gasteiger partial charge in [-0.05, 0) is 54.3 Å². The molecule has 1 amide bonds. The van der Waals surface area contributed by atoms with Gasteiger partial charge in [0.05, 0.1) is 0 Å². The average molecular weight is 412 g/mol. The summed E-state index contributed by atoms with van der Waals surface area (Å²) in [6, 6.07) is 8.16. The van der Waals surface area contributed by atoms with Gasteiger partial charge in [-0.25, -0.2) is 8.78 Å². The zero-order valence-electron chi connectivity index (χ0n) is 15.3. The second-order valence-corrected chi connectivity index (χ2v) is 7.29. The van der Waals surface area contributed by atoms with Gasteiger partial charge < -0.3 is 4.90 Å². The molecule has 0 saturated heterocycles. The highest BCUT2D eigenvalue weighted by Crippen LogP contribution is 2.32. The molecular formula is C21H21Cl2F2NO. The fourth-order valence-corrected chi connectivity index (χ4v) is 3.26. The second kappa shape index (κ2) is 9.34. The summed E-state index contributed by atoms with van der Waals surface area (Å²) >= 11 is 12.5. The minimum atomic E-state index is -1.22. The first-order valence-corrected chi connectivity index (χ1v) is 9.38. The smallest absolute Gasteiger partial charge is 0.249 e. The molecule has 0 saturated carbocycles. The lowest BCUT2D eigenvalue weighted by Gasteiger charge is -2.25. The zero-order chi connectivity index (χ0) is 20.1. The van der Waals surface area contributed by atoms with Crippen molar-refractivity contribution in [3.63, 3.8) is 0 Å². The molecule has 0 aromatic heterocycles. The van der Waals surface area contributed by atoms with Crippen LogP contribution in [0, 0.1) is 11.6 Å². The highest BCUT2D eigenvalue weighted by Gasteiger charge is 2.26. The first kappa shape index (κ1) is 21.4. The molecule has 0 spiro atoms. The third kappa shape index (κ3) is 5.30. The molecule has 0 radical (unpaired) electrons. The first-order valence-electron chi connectivity index (χ1n) is 8.56. The number of amides is 1. The lowest BCUT2D eigenvalue weighted by atomic mass is 10.0. The molecule has 0 aliphatic carbocycles. The molecule has 144 valence electrons. The van der Waals surface area contributed by atoms with Crippen LogP contribution < -0.4 is 4.90 Å². The van der Waals surface area contributed by atoms with Crippen LogP contribution in [0.15, 0.2) is 48.6 Å². The number of nitrogens with zero attached hydrogens (tertiary/aromatic N) is 1. The van der Waals surface area contributed by atoms with Crippen molar-refractivity contribution in [2.75, 3.05) is 11.4 Å². The Labute approximate surface area is 168 Å². The number of carbonyl (C=O) groups excluding carboxylic acids is 1. The SMILES string of the molecule is CC=CCN(C(=O)C(Cl)c1cc(F)cc(F)c1)c1ccc(Cl)c(C(C)C)c1. The van der Waals surface area contributed by atoms with E-state index in [0.717, 1.165) is 23.8 Å². The highest BCUT2D eigenvalue weighted by molar-refractivity contribution is 6.33. The number of benzene rings is 2. The zero-order valence-corrected chi connectivity index (χ0v) is 16.9. The third-order valence-corrected chi connectivity index (χ3v) is 4.88. The minimum Gasteiger partial charge on any atom is -0.307 e. The van der Waals surface area contributed by atoms with Gasteiger partial charge in [-0.3, -0.25) is 4.79 Å². The van der Waals surface area contributed by atoms with Crippen LogP contribution in [-0.4, -0.2) is 12.5 Å². The molecule has 2 aromatic carbocycles. The average Bonchev–Trinajstić information content (AvgIpc) is 2.61. The number of hydrogen-bond donors (Lipinski definition) is 0. The summed E-state index contributed by atoms with van der Waals surface area (Å²) in [5.74, 6) is -1.87. The van der Waals surface area contributed by atoms with Crippen molar-refractivity contribution in [3.05, 3.63) is 76.3 Å². The Bertz CT molecular complexity index is 832. The van der Waals surface area contributed by atoms with Crippen LogP contribution in [0.25, 0.3) is 0 Å². The molecule has 2 rings (SSSR count). The van der Waals surface area contributed by atoms with E-state index in [1.165, 1.54) is 4.90 Å². The molecule has 0 heterocycles. The van der Waals surface area contributed by atoms with Crippen molar-refractivity contribution in [2.45, 2.75) is 32.1 Å². The topological polar surface area (TPSA) is 20.3 Å². The molecule has 0 aliphatic heterocycles. The van der Waals surface area contributed by atoms with Gasteiger partial charge in [-0.2, -0.15) is 0 Å². The number of hydrogen-bond acceptors (Lipinski definition) is 1. The predicted molar refractivity (Wildman–Crippen MR) is 108 cm³/mol. The van der Waals surface area contributed by atoms with Crippen molar-refractivity contribution in [1.82, 2.24) is 0 Å². The number of allylic oxidation sites excluding steroid dienone is 1. The van der Waals surface area contributed by atoms with Crippen molar-refractivity contribution in [1.29, 1.82) is 0 Å². The Hall–Kier alpha value is -1.91. The van der Waals surface area contributed by atoms with E-state index in [0.29, 0.717) is 10.7 Å². The summed E-state index contributed by atoms with van der Waals surface area (Å²) in [6.07, 6.45) is 3.61. The number of rotatable bonds is 6. The summed E-state index contributed by atoms with van der Waals surface area (Å²) < 4.78 is 27.0. The number of alkyl halides is 1. The number of carbonyl (C=O) groups is 1. The fourth-order valence-electron chi connectivity index (χ4n) is 2.68. The summed E-state index contributed by atoms with van der Waals surface area (Å²) in [5, 5.41) is -0.611. The van der Waals surface area contributed by atoms with Gasteiger partial charge in [0.15, 0.2) is 0 Å². The largest absolute Gasteiger partial charge is 0.307 e. The van der Waals surface area contributed by atoms with Gasteiger partial charge in [0.1, 0.15) is 17.0 Å². The molecule has 2 nitrogen and oxygen atoms in total. The number of halogens is 4. The summed E-state index contributed by atoms with van der Waals surface area (Å²) in [7, 11) is 0. The van der Waals surface area contributed by atoms with Crippen LogP contribution in [0.5, 0.6) is 0 Å². The van der Waals surface area contributed by atoms with Gasteiger partial charge in [-0.1, -0.05) is 37.6 Å². The van der Waals surface area contributed by atoms with Crippen LogP contribution in [0.3, 0.4) is 0 Å². The maximum absolute atomic E-state index is 13.5. The summed E-state index contributed by atoms with van der Waals surface area (Å²) in [4.78, 5) is 14.5. The van der Waals surface area contributed by atoms with Gasteiger partial charge in [0.2, 0.25) is 5.91 Å². The quantitative estimate of drug-likeness (QED) is 0.385. The molecule has 6 heteroatoms. The Morgan fingerprint density at radius 3 is 2.33 bits per heavy atom. The molecule has 0 fully saturated rings. The third-order valence-electron chi connectivity index (χ3n) is 4.10. The molecular weight excluding hydrogens is 391 g/mol. The van der Waals surface area contributed by atoms with E-state index < -0.39 is 22.9 Å². The molecule has 27 heavy (non-hydrogen) atoms. The summed E-state index contributed by atoms with van der Waals surface area (Å²) in [6.45, 7) is 6.12. The van der Waals surface area contributed by atoms with Crippen molar-refractivity contribution < 1.29 is 13.6 Å². The lowest BCUT2D eigenvalue weighted by molar-refractivity contribution is -0.118. The molecule has 1 atom stereocenters. The van der Waals surface area contributed by atoms with Gasteiger partial charge in [-0.15, -0.1) is 11.6 Å². The van der Waals surface area contributed by atoms with E-state index in [-0.39, 0.29) is 18.0 Å². The van der Waals surface area contributed by atoms with Crippen LogP contribution >= 0.6 is 23.2 Å². The Kier molecular flexibility index (Phi) is 7.40. The van der Waals surface area contributed by atoms with E-state index in [1.54, 1.807) is 18.2 Å². The molecule has 0 N–H and O–H groups in total. The number of anilines is 1. The molecule has 0 bridgehead atoms. The van der Waals surface area contributed by atoms with E-state index in [1.807, 2.05) is 32.9 Å². The van der Waals surface area contributed by atoms with E-state index in [4.69, 9.17) is 23.2 Å². The Balaban J connectivity index is 2.43. The maximum atomic E-state index is 13.5. The molecule has 2 aromatic rings. The van der Waals surface area contributed by atoms with Crippen molar-refractivity contribution in [3.8, 4) is 0 Å². The normalized spacial score (nSPS) is 12.6. The molecule has 0 aliphatic rings. The van der Waals surface area contributed by atoms with Crippen LogP contribution in [0.2, 0.25) is 5.02 Å². The highest BCUT2D eigenvalue weighted by atomic mass is 35.5.